The van der Waals surface area contributed by atoms with Crippen LogP contribution in [0.1, 0.15) is 25.8 Å². The number of hydrogen-bond donors (Lipinski definition) is 0. The lowest BCUT2D eigenvalue weighted by Gasteiger charge is -2.15. The van der Waals surface area contributed by atoms with E-state index in [0.29, 0.717) is 5.56 Å². The van der Waals surface area contributed by atoms with Crippen LogP contribution >= 0.6 is 11.3 Å². The van der Waals surface area contributed by atoms with Crippen LogP contribution in [0.2, 0.25) is 0 Å². The SMILES string of the molecule is Cc1cc(F)c2c(c1)C(=O)C(=O)N2Cc1cnc(C)s1. The fraction of sp³-hybridized carbons (Fsp3) is 0.214. The number of carbonyl (C=O) groups excluding carboxylic acids is 2. The summed E-state index contributed by atoms with van der Waals surface area (Å²) >= 11 is 1.42. The maximum Gasteiger partial charge on any atom is 0.299 e. The number of anilines is 1. The van der Waals surface area contributed by atoms with Crippen LogP contribution in [-0.4, -0.2) is 16.7 Å². The Bertz CT molecular complexity index is 739. The molecule has 4 nitrogen and oxygen atoms in total. The Balaban J connectivity index is 2.06. The van der Waals surface area contributed by atoms with Crippen LogP contribution < -0.4 is 4.90 Å². The molecular weight excluding hydrogens is 279 g/mol. The number of halogens is 1. The molecule has 0 atom stereocenters. The van der Waals surface area contributed by atoms with Crippen LogP contribution in [0.4, 0.5) is 10.1 Å². The summed E-state index contributed by atoms with van der Waals surface area (Å²) in [6.07, 6.45) is 1.64. The second-order valence-corrected chi connectivity index (χ2v) is 6.03. The Labute approximate surface area is 118 Å². The van der Waals surface area contributed by atoms with Crippen molar-refractivity contribution in [3.63, 3.8) is 0 Å². The number of aryl methyl sites for hydroxylation is 2. The fourth-order valence-corrected chi connectivity index (χ4v) is 3.09. The molecule has 0 spiro atoms. The second-order valence-electron chi connectivity index (χ2n) is 4.71. The predicted molar refractivity (Wildman–Crippen MR) is 73.5 cm³/mol. The zero-order valence-corrected chi connectivity index (χ0v) is 11.8. The molecule has 0 radical (unpaired) electrons. The number of thiazole rings is 1. The van der Waals surface area contributed by atoms with Gasteiger partial charge in [0.25, 0.3) is 11.7 Å². The van der Waals surface area contributed by atoms with E-state index in [1.54, 1.807) is 19.2 Å². The largest absolute Gasteiger partial charge is 0.299 e. The van der Waals surface area contributed by atoms with Crippen molar-refractivity contribution in [2.45, 2.75) is 20.4 Å². The Kier molecular flexibility index (Phi) is 2.90. The number of nitrogens with zero attached hydrogens (tertiary/aromatic N) is 2. The van der Waals surface area contributed by atoms with Gasteiger partial charge in [-0.05, 0) is 31.5 Å². The molecule has 0 N–H and O–H groups in total. The van der Waals surface area contributed by atoms with Crippen LogP contribution in [0.15, 0.2) is 18.3 Å². The van der Waals surface area contributed by atoms with Crippen molar-refractivity contribution in [1.82, 2.24) is 4.98 Å². The van der Waals surface area contributed by atoms with Gasteiger partial charge in [0.05, 0.1) is 22.8 Å². The van der Waals surface area contributed by atoms with Gasteiger partial charge in [-0.1, -0.05) is 0 Å². The molecule has 102 valence electrons. The Morgan fingerprint density at radius 3 is 2.70 bits per heavy atom. The van der Waals surface area contributed by atoms with E-state index in [4.69, 9.17) is 0 Å². The molecule has 0 aliphatic carbocycles. The minimum Gasteiger partial charge on any atom is -0.297 e. The van der Waals surface area contributed by atoms with Gasteiger partial charge in [0.15, 0.2) is 0 Å². The molecule has 0 saturated carbocycles. The maximum absolute atomic E-state index is 14.1. The number of amides is 1. The number of fused-ring (bicyclic) bond motifs is 1. The van der Waals surface area contributed by atoms with Crippen molar-refractivity contribution >= 4 is 28.7 Å². The van der Waals surface area contributed by atoms with E-state index in [1.165, 1.54) is 22.3 Å². The first-order valence-corrected chi connectivity index (χ1v) is 6.86. The lowest BCUT2D eigenvalue weighted by molar-refractivity contribution is -0.114. The molecule has 1 aliphatic heterocycles. The molecule has 1 aromatic heterocycles. The molecule has 6 heteroatoms. The van der Waals surface area contributed by atoms with Gasteiger partial charge in [0, 0.05) is 11.1 Å². The molecule has 0 fully saturated rings. The third kappa shape index (κ3) is 1.92. The molecule has 2 heterocycles. The first-order valence-electron chi connectivity index (χ1n) is 6.05. The Morgan fingerprint density at radius 2 is 2.05 bits per heavy atom. The van der Waals surface area contributed by atoms with E-state index in [-0.39, 0.29) is 17.8 Å². The minimum atomic E-state index is -0.685. The summed E-state index contributed by atoms with van der Waals surface area (Å²) in [4.78, 5) is 30.1. The third-order valence-electron chi connectivity index (χ3n) is 3.14. The molecule has 0 saturated heterocycles. The number of carbonyl (C=O) groups is 2. The van der Waals surface area contributed by atoms with Crippen LogP contribution in [0, 0.1) is 19.7 Å². The van der Waals surface area contributed by atoms with Crippen molar-refractivity contribution in [3.05, 3.63) is 45.2 Å². The highest BCUT2D eigenvalue weighted by Gasteiger charge is 2.38. The highest BCUT2D eigenvalue weighted by atomic mass is 32.1. The molecule has 20 heavy (non-hydrogen) atoms. The molecular formula is C14H11FN2O2S. The van der Waals surface area contributed by atoms with E-state index in [2.05, 4.69) is 4.98 Å². The summed E-state index contributed by atoms with van der Waals surface area (Å²) in [5.74, 6) is -1.88. The highest BCUT2D eigenvalue weighted by molar-refractivity contribution is 7.11. The van der Waals surface area contributed by atoms with E-state index >= 15 is 0 Å². The van der Waals surface area contributed by atoms with E-state index in [0.717, 1.165) is 9.88 Å². The summed E-state index contributed by atoms with van der Waals surface area (Å²) in [6.45, 7) is 3.71. The summed E-state index contributed by atoms with van der Waals surface area (Å²) in [5.41, 5.74) is 0.850. The van der Waals surface area contributed by atoms with Crippen LogP contribution in [0.5, 0.6) is 0 Å². The highest BCUT2D eigenvalue weighted by Crippen LogP contribution is 2.34. The van der Waals surface area contributed by atoms with Gasteiger partial charge in [0.2, 0.25) is 0 Å². The summed E-state index contributed by atoms with van der Waals surface area (Å²) < 4.78 is 14.1. The Morgan fingerprint density at radius 1 is 1.30 bits per heavy atom. The van der Waals surface area contributed by atoms with E-state index < -0.39 is 17.5 Å². The molecule has 1 amide bonds. The number of ketones is 1. The van der Waals surface area contributed by atoms with Crippen LogP contribution in [0.25, 0.3) is 0 Å². The average Bonchev–Trinajstić information content (AvgIpc) is 2.88. The number of rotatable bonds is 2. The number of hydrogen-bond acceptors (Lipinski definition) is 4. The van der Waals surface area contributed by atoms with Crippen LogP contribution in [-0.2, 0) is 11.3 Å². The van der Waals surface area contributed by atoms with E-state index in [1.807, 2.05) is 6.92 Å². The normalized spacial score (nSPS) is 14.1. The number of benzene rings is 1. The van der Waals surface area contributed by atoms with Crippen molar-refractivity contribution in [3.8, 4) is 0 Å². The average molecular weight is 290 g/mol. The molecule has 3 rings (SSSR count). The monoisotopic (exact) mass is 290 g/mol. The Hall–Kier alpha value is -2.08. The first-order chi connectivity index (χ1) is 9.47. The van der Waals surface area contributed by atoms with Gasteiger partial charge in [-0.15, -0.1) is 11.3 Å². The topological polar surface area (TPSA) is 50.3 Å². The predicted octanol–water partition coefficient (Wildman–Crippen LogP) is 2.63. The minimum absolute atomic E-state index is 0.0802. The quantitative estimate of drug-likeness (QED) is 0.799. The van der Waals surface area contributed by atoms with Crippen LogP contribution in [0.3, 0.4) is 0 Å². The number of aromatic nitrogens is 1. The third-order valence-corrected chi connectivity index (χ3v) is 4.04. The van der Waals surface area contributed by atoms with Gasteiger partial charge in [-0.3, -0.25) is 14.5 Å². The van der Waals surface area contributed by atoms with E-state index in [9.17, 15) is 14.0 Å². The molecule has 0 bridgehead atoms. The summed E-state index contributed by atoms with van der Waals surface area (Å²) in [7, 11) is 0. The van der Waals surface area contributed by atoms with Gasteiger partial charge >= 0.3 is 0 Å². The van der Waals surface area contributed by atoms with Gasteiger partial charge in [-0.25, -0.2) is 9.37 Å². The summed E-state index contributed by atoms with van der Waals surface area (Å²) in [5, 5.41) is 0.863. The first kappa shape index (κ1) is 12.9. The molecule has 1 aliphatic rings. The van der Waals surface area contributed by atoms with Gasteiger partial charge in [0.1, 0.15) is 5.82 Å². The number of Topliss-reactive ketones (excluding diaryl/α,β-unsaturated/α-hetero) is 1. The smallest absolute Gasteiger partial charge is 0.297 e. The lowest BCUT2D eigenvalue weighted by Crippen LogP contribution is -2.29. The summed E-state index contributed by atoms with van der Waals surface area (Å²) in [6, 6.07) is 2.88. The van der Waals surface area contributed by atoms with Gasteiger partial charge < -0.3 is 0 Å². The second kappa shape index (κ2) is 4.49. The lowest BCUT2D eigenvalue weighted by atomic mass is 10.1. The van der Waals surface area contributed by atoms with Gasteiger partial charge in [-0.2, -0.15) is 0 Å². The molecule has 0 unspecified atom stereocenters. The van der Waals surface area contributed by atoms with Crippen molar-refractivity contribution in [2.75, 3.05) is 4.90 Å². The zero-order chi connectivity index (χ0) is 14.4. The van der Waals surface area contributed by atoms with Crippen molar-refractivity contribution in [1.29, 1.82) is 0 Å². The molecule has 1 aromatic carbocycles. The molecule has 2 aromatic rings. The standard InChI is InChI=1S/C14H11FN2O2S/c1-7-3-10-12(11(15)4-7)17(14(19)13(10)18)6-9-5-16-8(2)20-9/h3-5H,6H2,1-2H3. The van der Waals surface area contributed by atoms with Crippen molar-refractivity contribution in [2.24, 2.45) is 0 Å². The fourth-order valence-electron chi connectivity index (χ4n) is 2.31. The zero-order valence-electron chi connectivity index (χ0n) is 10.9. The van der Waals surface area contributed by atoms with Crippen molar-refractivity contribution < 1.29 is 14.0 Å². The maximum atomic E-state index is 14.1.